The van der Waals surface area contributed by atoms with Crippen molar-refractivity contribution in [2.45, 2.75) is 32.1 Å². The summed E-state index contributed by atoms with van der Waals surface area (Å²) in [4.78, 5) is 26.0. The van der Waals surface area contributed by atoms with Crippen LogP contribution in [0.15, 0.2) is 54.6 Å². The van der Waals surface area contributed by atoms with Crippen molar-refractivity contribution in [3.05, 3.63) is 65.7 Å². The van der Waals surface area contributed by atoms with Gasteiger partial charge in [0.05, 0.1) is 5.92 Å². The Hall–Kier alpha value is -2.94. The molecule has 0 saturated carbocycles. The topological polar surface area (TPSA) is 153 Å². The summed E-state index contributed by atoms with van der Waals surface area (Å²) in [5, 5.41) is 21.4. The normalized spacial score (nSPS) is 21.2. The summed E-state index contributed by atoms with van der Waals surface area (Å²) in [5.41, 5.74) is 2.16. The number of carboxylic acid groups (broad SMARTS) is 1. The summed E-state index contributed by atoms with van der Waals surface area (Å²) >= 11 is 0. The number of amides is 1. The maximum absolute atomic E-state index is 12.8. The van der Waals surface area contributed by atoms with E-state index in [4.69, 9.17) is 5.11 Å². The number of aliphatic carboxylic acids is 1. The number of aromatic hydroxyl groups is 1. The number of phenolic OH excluding ortho intramolecular Hbond substituents is 1. The maximum atomic E-state index is 12.8. The molecule has 2 aromatic carbocycles. The van der Waals surface area contributed by atoms with Gasteiger partial charge >= 0.3 is 5.97 Å². The molecule has 0 aliphatic carbocycles. The summed E-state index contributed by atoms with van der Waals surface area (Å²) in [7, 11) is 0. The number of nitrogens with zero attached hydrogens (tertiary/aromatic N) is 1. The van der Waals surface area contributed by atoms with Gasteiger partial charge < -0.3 is 31.4 Å². The molecule has 3 rings (SSSR count). The summed E-state index contributed by atoms with van der Waals surface area (Å²) in [6.45, 7) is 6.35. The van der Waals surface area contributed by atoms with Crippen molar-refractivity contribution < 1.29 is 30.8 Å². The minimum absolute atomic E-state index is 0. The average Bonchev–Trinajstić information content (AvgIpc) is 2.75. The van der Waals surface area contributed by atoms with E-state index < -0.39 is 5.97 Å². The molecule has 1 heterocycles. The predicted molar refractivity (Wildman–Crippen MR) is 127 cm³/mol. The minimum Gasteiger partial charge on any atom is -0.508 e. The first kappa shape index (κ1) is 28.1. The highest BCUT2D eigenvalue weighted by Crippen LogP contribution is 2.40. The molecule has 3 atom stereocenters. The molecule has 1 aliphatic rings. The molecule has 0 unspecified atom stereocenters. The van der Waals surface area contributed by atoms with Crippen LogP contribution < -0.4 is 5.32 Å². The number of benzene rings is 2. The minimum atomic E-state index is -1.04. The van der Waals surface area contributed by atoms with Crippen molar-refractivity contribution in [3.63, 3.8) is 0 Å². The maximum Gasteiger partial charge on any atom is 0.322 e. The van der Waals surface area contributed by atoms with Gasteiger partial charge in [0.1, 0.15) is 12.3 Å². The number of carboxylic acids is 1. The number of phenols is 1. The molecule has 0 bridgehead atoms. The van der Waals surface area contributed by atoms with Gasteiger partial charge in [-0.1, -0.05) is 56.3 Å². The summed E-state index contributed by atoms with van der Waals surface area (Å²) in [5.74, 6) is -0.964. The van der Waals surface area contributed by atoms with Gasteiger partial charge in [-0.2, -0.15) is 0 Å². The number of nitrogens with one attached hydrogen (secondary N) is 1. The number of carbonyl (C=O) groups is 2. The van der Waals surface area contributed by atoms with Gasteiger partial charge in [0.2, 0.25) is 5.91 Å². The van der Waals surface area contributed by atoms with Gasteiger partial charge in [-0.25, -0.2) is 0 Å². The van der Waals surface area contributed by atoms with E-state index >= 15 is 0 Å². The molecule has 1 aliphatic heterocycles. The fraction of sp³-hybridized carbons (Fsp3) is 0.440. The quantitative estimate of drug-likeness (QED) is 0.543. The molecule has 0 aromatic heterocycles. The van der Waals surface area contributed by atoms with E-state index in [0.717, 1.165) is 30.6 Å². The van der Waals surface area contributed by atoms with Gasteiger partial charge in [-0.3, -0.25) is 9.59 Å². The van der Waals surface area contributed by atoms with Crippen LogP contribution in [-0.2, 0) is 21.4 Å². The molecule has 8 heteroatoms. The fourth-order valence-electron chi connectivity index (χ4n) is 4.53. The van der Waals surface area contributed by atoms with Crippen LogP contribution in [0.4, 0.5) is 0 Å². The Balaban J connectivity index is 0.00000272. The zero-order valence-corrected chi connectivity index (χ0v) is 19.3. The average molecular weight is 461 g/mol. The van der Waals surface area contributed by atoms with Crippen LogP contribution in [0.3, 0.4) is 0 Å². The summed E-state index contributed by atoms with van der Waals surface area (Å²) < 4.78 is 0. The molecule has 1 amide bonds. The number of piperidine rings is 1. The molecule has 8 nitrogen and oxygen atoms in total. The monoisotopic (exact) mass is 460 g/mol. The van der Waals surface area contributed by atoms with Crippen molar-refractivity contribution >= 4 is 11.9 Å². The molecule has 7 N–H and O–H groups in total. The standard InChI is InChI=1S/C25H32N2O4.2H2O/c1-18-16-27(12-11-25(18,2)21-9-6-10-22(28)14-21)17-20(24(31)26-15-23(29)30)13-19-7-4-3-5-8-19;;/h3-10,14,18,20,28H,11-13,15-17H2,1-2H3,(H,26,31)(H,29,30);2*1H2/t18-,20-,25-;;/m1../s1. The Morgan fingerprint density at radius 2 is 1.85 bits per heavy atom. The summed E-state index contributed by atoms with van der Waals surface area (Å²) in [6, 6.07) is 17.3. The van der Waals surface area contributed by atoms with Crippen molar-refractivity contribution in [3.8, 4) is 5.75 Å². The largest absolute Gasteiger partial charge is 0.508 e. The molecule has 182 valence electrons. The van der Waals surface area contributed by atoms with E-state index in [2.05, 4.69) is 30.1 Å². The van der Waals surface area contributed by atoms with Gasteiger partial charge in [0.25, 0.3) is 0 Å². The van der Waals surface area contributed by atoms with Crippen LogP contribution in [0, 0.1) is 11.8 Å². The van der Waals surface area contributed by atoms with Crippen molar-refractivity contribution in [1.29, 1.82) is 0 Å². The first-order valence-corrected chi connectivity index (χ1v) is 10.8. The second kappa shape index (κ2) is 12.3. The second-order valence-corrected chi connectivity index (χ2v) is 8.88. The number of likely N-dealkylation sites (tertiary alicyclic amines) is 1. The molecule has 0 spiro atoms. The van der Waals surface area contributed by atoms with E-state index in [1.165, 1.54) is 0 Å². The Bertz CT molecular complexity index is 907. The Labute approximate surface area is 194 Å². The molecular weight excluding hydrogens is 424 g/mol. The molecule has 33 heavy (non-hydrogen) atoms. The van der Waals surface area contributed by atoms with E-state index in [1.807, 2.05) is 42.5 Å². The number of hydrogen-bond acceptors (Lipinski definition) is 4. The third-order valence-corrected chi connectivity index (χ3v) is 6.66. The number of hydrogen-bond donors (Lipinski definition) is 3. The zero-order chi connectivity index (χ0) is 22.4. The predicted octanol–water partition coefficient (Wildman–Crippen LogP) is 1.40. The zero-order valence-electron chi connectivity index (χ0n) is 19.3. The van der Waals surface area contributed by atoms with Crippen molar-refractivity contribution in [2.75, 3.05) is 26.2 Å². The smallest absolute Gasteiger partial charge is 0.322 e. The molecule has 1 saturated heterocycles. The van der Waals surface area contributed by atoms with Gasteiger partial charge in [-0.05, 0) is 54.0 Å². The van der Waals surface area contributed by atoms with E-state index in [1.54, 1.807) is 6.07 Å². The lowest BCUT2D eigenvalue weighted by Crippen LogP contribution is -2.50. The van der Waals surface area contributed by atoms with Crippen LogP contribution in [0.1, 0.15) is 31.4 Å². The van der Waals surface area contributed by atoms with Crippen molar-refractivity contribution in [2.24, 2.45) is 11.8 Å². The Morgan fingerprint density at radius 3 is 2.45 bits per heavy atom. The molecule has 1 fully saturated rings. The van der Waals surface area contributed by atoms with Crippen molar-refractivity contribution in [1.82, 2.24) is 10.2 Å². The summed E-state index contributed by atoms with van der Waals surface area (Å²) in [6.07, 6.45) is 1.49. The van der Waals surface area contributed by atoms with E-state index in [-0.39, 0.29) is 40.5 Å². The van der Waals surface area contributed by atoms with Crippen LogP contribution in [0.5, 0.6) is 5.75 Å². The third kappa shape index (κ3) is 7.28. The van der Waals surface area contributed by atoms with Crippen LogP contribution >= 0.6 is 0 Å². The lowest BCUT2D eigenvalue weighted by Gasteiger charge is -2.45. The number of rotatable bonds is 8. The highest BCUT2D eigenvalue weighted by Gasteiger charge is 2.39. The van der Waals surface area contributed by atoms with Gasteiger partial charge in [-0.15, -0.1) is 0 Å². The first-order valence-electron chi connectivity index (χ1n) is 10.8. The van der Waals surface area contributed by atoms with E-state index in [0.29, 0.717) is 18.9 Å². The molecule has 2 aromatic rings. The van der Waals surface area contributed by atoms with E-state index in [9.17, 15) is 14.7 Å². The molecule has 0 radical (unpaired) electrons. The lowest BCUT2D eigenvalue weighted by molar-refractivity contribution is -0.138. The van der Waals surface area contributed by atoms with Crippen LogP contribution in [0.25, 0.3) is 0 Å². The third-order valence-electron chi connectivity index (χ3n) is 6.66. The lowest BCUT2D eigenvalue weighted by atomic mass is 9.68. The van der Waals surface area contributed by atoms with Gasteiger partial charge in [0, 0.05) is 13.1 Å². The number of carbonyl (C=O) groups excluding carboxylic acids is 1. The Morgan fingerprint density at radius 1 is 1.15 bits per heavy atom. The first-order chi connectivity index (χ1) is 14.8. The Kier molecular flexibility index (Phi) is 10.5. The highest BCUT2D eigenvalue weighted by molar-refractivity contribution is 5.83. The van der Waals surface area contributed by atoms with Gasteiger partial charge in [0.15, 0.2) is 0 Å². The molecular formula is C25H36N2O6. The fourth-order valence-corrected chi connectivity index (χ4v) is 4.53. The second-order valence-electron chi connectivity index (χ2n) is 8.88. The van der Waals surface area contributed by atoms with Crippen LogP contribution in [-0.4, -0.2) is 64.1 Å². The van der Waals surface area contributed by atoms with Crippen LogP contribution in [0.2, 0.25) is 0 Å². The highest BCUT2D eigenvalue weighted by atomic mass is 16.4. The SMILES string of the molecule is C[C@@H]1CN(C[C@@H](Cc2ccccc2)C(=O)NCC(=O)O)CC[C@@]1(C)c1cccc(O)c1.O.O.